The molecule has 0 bridgehead atoms. The maximum absolute atomic E-state index is 4.13. The van der Waals surface area contributed by atoms with Gasteiger partial charge in [0.15, 0.2) is 0 Å². The van der Waals surface area contributed by atoms with Gasteiger partial charge in [-0.1, -0.05) is 26.0 Å². The van der Waals surface area contributed by atoms with E-state index in [1.54, 1.807) is 0 Å². The van der Waals surface area contributed by atoms with E-state index >= 15 is 0 Å². The summed E-state index contributed by atoms with van der Waals surface area (Å²) in [7, 11) is 2.04. The average Bonchev–Trinajstić information content (AvgIpc) is 2.73. The van der Waals surface area contributed by atoms with Gasteiger partial charge < -0.3 is 4.57 Å². The Bertz CT molecular complexity index is 438. The second kappa shape index (κ2) is 3.58. The molecule has 76 valence electrons. The van der Waals surface area contributed by atoms with Crippen LogP contribution in [-0.2, 0) is 7.05 Å². The minimum Gasteiger partial charge on any atom is -0.339 e. The van der Waals surface area contributed by atoms with Gasteiger partial charge in [0.1, 0.15) is 0 Å². The third-order valence-electron chi connectivity index (χ3n) is 3.36. The van der Waals surface area contributed by atoms with Gasteiger partial charge >= 0.3 is 0 Å². The van der Waals surface area contributed by atoms with Crippen LogP contribution in [0.5, 0.6) is 0 Å². The van der Waals surface area contributed by atoms with Crippen molar-refractivity contribution in [2.75, 3.05) is 0 Å². The molecule has 0 saturated heterocycles. The largest absolute Gasteiger partial charge is 0.339 e. The fraction of sp³-hybridized carbons (Fsp3) is 0.500. The van der Waals surface area contributed by atoms with Gasteiger partial charge in [0.05, 0.1) is 4.60 Å². The Labute approximate surface area is 93.3 Å². The van der Waals surface area contributed by atoms with Gasteiger partial charge in [-0.15, -0.1) is 0 Å². The molecule has 0 aromatic carbocycles. The van der Waals surface area contributed by atoms with E-state index in [0.29, 0.717) is 5.92 Å². The molecule has 1 aliphatic rings. The Balaban J connectivity index is 2.57. The molecule has 0 atom stereocenters. The first-order valence-electron chi connectivity index (χ1n) is 5.15. The molecule has 2 heteroatoms. The van der Waals surface area contributed by atoms with Crippen molar-refractivity contribution in [2.24, 2.45) is 7.05 Å². The average molecular weight is 254 g/mol. The van der Waals surface area contributed by atoms with E-state index in [9.17, 15) is 0 Å². The van der Waals surface area contributed by atoms with Crippen molar-refractivity contribution in [2.45, 2.75) is 31.6 Å². The summed E-state index contributed by atoms with van der Waals surface area (Å²) in [6, 6.07) is 0. The highest BCUT2D eigenvalue weighted by atomic mass is 79.9. The third-order valence-corrected chi connectivity index (χ3v) is 4.32. The van der Waals surface area contributed by atoms with Crippen LogP contribution < -0.4 is 10.6 Å². The van der Waals surface area contributed by atoms with Crippen LogP contribution in [0.15, 0.2) is 4.60 Å². The lowest BCUT2D eigenvalue weighted by Crippen LogP contribution is -2.26. The van der Waals surface area contributed by atoms with Crippen LogP contribution in [0, 0.1) is 0 Å². The molecule has 0 amide bonds. The van der Waals surface area contributed by atoms with Gasteiger partial charge in [0.25, 0.3) is 0 Å². The molecule has 1 heterocycles. The predicted molar refractivity (Wildman–Crippen MR) is 64.6 cm³/mol. The molecule has 0 unspecified atom stereocenters. The lowest BCUT2D eigenvalue weighted by Gasteiger charge is -2.08. The van der Waals surface area contributed by atoms with Crippen LogP contribution in [-0.4, -0.2) is 4.57 Å². The van der Waals surface area contributed by atoms with Crippen molar-refractivity contribution in [3.8, 4) is 0 Å². The van der Waals surface area contributed by atoms with Crippen molar-refractivity contribution in [3.05, 3.63) is 20.7 Å². The van der Waals surface area contributed by atoms with Crippen LogP contribution in [0.4, 0.5) is 0 Å². The Kier molecular flexibility index (Phi) is 2.56. The van der Waals surface area contributed by atoms with E-state index in [0.717, 1.165) is 10.6 Å². The molecule has 0 N–H and O–H groups in total. The number of aromatic nitrogens is 1. The fourth-order valence-electron chi connectivity index (χ4n) is 2.41. The van der Waals surface area contributed by atoms with Crippen LogP contribution >= 0.6 is 15.9 Å². The molecule has 1 saturated carbocycles. The minimum absolute atomic E-state index is 0.707. The van der Waals surface area contributed by atoms with Crippen molar-refractivity contribution < 1.29 is 0 Å². The predicted octanol–water partition coefficient (Wildman–Crippen LogP) is 2.27. The maximum atomic E-state index is 4.13. The summed E-state index contributed by atoms with van der Waals surface area (Å²) >= 11 is 3.64. The molecular formula is C12H16BrN. The number of rotatable bonds is 1. The first-order chi connectivity index (χ1) is 6.63. The number of hydrogen-bond acceptors (Lipinski definition) is 0. The lowest BCUT2D eigenvalue weighted by molar-refractivity contribution is 0.711. The molecule has 2 rings (SSSR count). The van der Waals surface area contributed by atoms with Gasteiger partial charge in [-0.05, 0) is 45.5 Å². The summed E-state index contributed by atoms with van der Waals surface area (Å²) in [5.74, 6) is 0.707. The first-order valence-corrected chi connectivity index (χ1v) is 5.94. The standard InChI is InChI=1S/C12H16BrN/c1-8-9(2)14(3)12(13)11(8)10-6-4-5-7-10/h10H,1-2,4-7H2,3H3. The van der Waals surface area contributed by atoms with E-state index in [2.05, 4.69) is 33.7 Å². The lowest BCUT2D eigenvalue weighted by atomic mass is 9.99. The Hall–Kier alpha value is -0.500. The molecule has 0 spiro atoms. The van der Waals surface area contributed by atoms with Gasteiger partial charge in [0.2, 0.25) is 0 Å². The zero-order valence-electron chi connectivity index (χ0n) is 8.65. The van der Waals surface area contributed by atoms with E-state index in [1.807, 2.05) is 7.05 Å². The van der Waals surface area contributed by atoms with Crippen molar-refractivity contribution in [1.29, 1.82) is 0 Å². The summed E-state index contributed by atoms with van der Waals surface area (Å²) in [4.78, 5) is 0. The number of halogens is 1. The van der Waals surface area contributed by atoms with Gasteiger partial charge in [-0.2, -0.15) is 0 Å². The number of hydrogen-bond donors (Lipinski definition) is 0. The van der Waals surface area contributed by atoms with E-state index in [4.69, 9.17) is 0 Å². The molecule has 0 aliphatic heterocycles. The quantitative estimate of drug-likeness (QED) is 0.724. The fourth-order valence-corrected chi connectivity index (χ4v) is 3.19. The molecule has 1 aliphatic carbocycles. The number of nitrogens with zero attached hydrogens (tertiary/aromatic N) is 1. The van der Waals surface area contributed by atoms with E-state index in [1.165, 1.54) is 35.8 Å². The first kappa shape index (κ1) is 10.0. The van der Waals surface area contributed by atoms with Crippen molar-refractivity contribution in [1.82, 2.24) is 4.57 Å². The van der Waals surface area contributed by atoms with Gasteiger partial charge in [-0.3, -0.25) is 0 Å². The smallest absolute Gasteiger partial charge is 0.0889 e. The Morgan fingerprint density at radius 1 is 1.29 bits per heavy atom. The summed E-state index contributed by atoms with van der Waals surface area (Å²) < 4.78 is 3.27. The molecule has 1 aromatic heterocycles. The molecule has 1 fully saturated rings. The van der Waals surface area contributed by atoms with Crippen molar-refractivity contribution in [3.63, 3.8) is 0 Å². The zero-order chi connectivity index (χ0) is 10.3. The van der Waals surface area contributed by atoms with E-state index in [-0.39, 0.29) is 0 Å². The SMILES string of the molecule is C=c1c(C2CCCC2)c(Br)n(C)c1=C. The highest BCUT2D eigenvalue weighted by molar-refractivity contribution is 9.10. The molecule has 1 nitrogen and oxygen atoms in total. The molecule has 0 radical (unpaired) electrons. The maximum Gasteiger partial charge on any atom is 0.0889 e. The third kappa shape index (κ3) is 1.36. The van der Waals surface area contributed by atoms with Gasteiger partial charge in [-0.25, -0.2) is 0 Å². The molecule has 1 aromatic rings. The zero-order valence-corrected chi connectivity index (χ0v) is 10.2. The van der Waals surface area contributed by atoms with Crippen molar-refractivity contribution >= 4 is 29.1 Å². The Morgan fingerprint density at radius 3 is 2.29 bits per heavy atom. The second-order valence-electron chi connectivity index (χ2n) is 4.17. The monoisotopic (exact) mass is 253 g/mol. The van der Waals surface area contributed by atoms with Crippen LogP contribution in [0.1, 0.15) is 37.2 Å². The molecule has 14 heavy (non-hydrogen) atoms. The minimum atomic E-state index is 0.707. The molecular weight excluding hydrogens is 238 g/mol. The van der Waals surface area contributed by atoms with Crippen LogP contribution in [0.2, 0.25) is 0 Å². The summed E-state index contributed by atoms with van der Waals surface area (Å²) in [6.45, 7) is 8.18. The normalized spacial score (nSPS) is 17.9. The van der Waals surface area contributed by atoms with Crippen LogP contribution in [0.3, 0.4) is 0 Å². The summed E-state index contributed by atoms with van der Waals surface area (Å²) in [5.41, 5.74) is 1.40. The second-order valence-corrected chi connectivity index (χ2v) is 4.92. The van der Waals surface area contributed by atoms with Gasteiger partial charge in [0, 0.05) is 12.4 Å². The van der Waals surface area contributed by atoms with E-state index < -0.39 is 0 Å². The summed E-state index contributed by atoms with van der Waals surface area (Å²) in [6.07, 6.45) is 5.34. The topological polar surface area (TPSA) is 4.93 Å². The van der Waals surface area contributed by atoms with Crippen LogP contribution in [0.25, 0.3) is 13.2 Å². The highest BCUT2D eigenvalue weighted by Gasteiger charge is 2.22. The summed E-state index contributed by atoms with van der Waals surface area (Å²) in [5, 5.41) is 2.17. The highest BCUT2D eigenvalue weighted by Crippen LogP contribution is 2.35. The Morgan fingerprint density at radius 2 is 1.86 bits per heavy atom.